The molecule has 3 N–H and O–H groups in total. The third-order valence-corrected chi connectivity index (χ3v) is 6.37. The lowest BCUT2D eigenvalue weighted by Gasteiger charge is -2.39. The fourth-order valence-corrected chi connectivity index (χ4v) is 4.74. The van der Waals surface area contributed by atoms with E-state index in [-0.39, 0.29) is 17.0 Å². The molecule has 1 aromatic rings. The van der Waals surface area contributed by atoms with Crippen LogP contribution in [0.1, 0.15) is 19.3 Å². The molecular formula is C15H22N4O3S. The van der Waals surface area contributed by atoms with E-state index in [0.717, 1.165) is 19.5 Å². The van der Waals surface area contributed by atoms with Gasteiger partial charge in [0.2, 0.25) is 10.0 Å². The molecule has 8 heteroatoms. The lowest BCUT2D eigenvalue weighted by Crippen LogP contribution is -2.54. The van der Waals surface area contributed by atoms with Gasteiger partial charge in [0.05, 0.1) is 4.90 Å². The number of nitrogens with one attached hydrogen (secondary N) is 1. The van der Waals surface area contributed by atoms with Gasteiger partial charge in [0, 0.05) is 37.9 Å². The van der Waals surface area contributed by atoms with E-state index in [9.17, 15) is 13.2 Å². The summed E-state index contributed by atoms with van der Waals surface area (Å²) in [5, 5.41) is 2.84. The number of nitrogens with two attached hydrogens (primary N) is 1. The van der Waals surface area contributed by atoms with Crippen molar-refractivity contribution in [3.05, 3.63) is 24.3 Å². The van der Waals surface area contributed by atoms with Gasteiger partial charge in [-0.2, -0.15) is 4.31 Å². The minimum absolute atomic E-state index is 0.0339. The van der Waals surface area contributed by atoms with Crippen molar-refractivity contribution in [3.8, 4) is 0 Å². The van der Waals surface area contributed by atoms with E-state index in [1.165, 1.54) is 10.4 Å². The second kappa shape index (κ2) is 6.37. The molecule has 0 unspecified atom stereocenters. The highest BCUT2D eigenvalue weighted by molar-refractivity contribution is 7.89. The predicted octanol–water partition coefficient (Wildman–Crippen LogP) is 0.837. The highest BCUT2D eigenvalue weighted by Crippen LogP contribution is 2.24. The van der Waals surface area contributed by atoms with Gasteiger partial charge in [0.25, 0.3) is 0 Å². The summed E-state index contributed by atoms with van der Waals surface area (Å²) < 4.78 is 26.8. The second-order valence-electron chi connectivity index (χ2n) is 5.99. The van der Waals surface area contributed by atoms with Crippen molar-refractivity contribution in [1.82, 2.24) is 14.5 Å². The number of anilines is 1. The van der Waals surface area contributed by atoms with Crippen LogP contribution in [0.2, 0.25) is 0 Å². The highest BCUT2D eigenvalue weighted by atomic mass is 32.2. The summed E-state index contributed by atoms with van der Waals surface area (Å²) in [5.74, 6) is 0. The molecule has 2 saturated heterocycles. The molecule has 2 amide bonds. The summed E-state index contributed by atoms with van der Waals surface area (Å²) in [4.78, 5) is 14.0. The van der Waals surface area contributed by atoms with Crippen LogP contribution in [-0.2, 0) is 10.0 Å². The molecule has 2 fully saturated rings. The van der Waals surface area contributed by atoms with Gasteiger partial charge >= 0.3 is 6.03 Å². The van der Waals surface area contributed by atoms with Gasteiger partial charge in [-0.05, 0) is 37.5 Å². The summed E-state index contributed by atoms with van der Waals surface area (Å²) in [6.45, 7) is 2.31. The zero-order valence-corrected chi connectivity index (χ0v) is 13.8. The van der Waals surface area contributed by atoms with Crippen LogP contribution >= 0.6 is 0 Å². The quantitative estimate of drug-likeness (QED) is 0.798. The van der Waals surface area contributed by atoms with Crippen LogP contribution in [-0.4, -0.2) is 55.9 Å². The number of carbonyl (C=O) groups excluding carboxylic acids is 1. The molecule has 2 aliphatic rings. The van der Waals surface area contributed by atoms with E-state index in [1.807, 2.05) is 4.90 Å². The molecule has 0 saturated carbocycles. The summed E-state index contributed by atoms with van der Waals surface area (Å²) in [5.41, 5.74) is 6.12. The summed E-state index contributed by atoms with van der Waals surface area (Å²) in [6, 6.07) is 6.44. The van der Waals surface area contributed by atoms with Crippen LogP contribution in [0.5, 0.6) is 0 Å². The molecular weight excluding hydrogens is 316 g/mol. The molecule has 23 heavy (non-hydrogen) atoms. The molecule has 126 valence electrons. The van der Waals surface area contributed by atoms with Gasteiger partial charge in [0.15, 0.2) is 0 Å². The molecule has 2 aliphatic heterocycles. The topological polar surface area (TPSA) is 95.7 Å². The van der Waals surface area contributed by atoms with E-state index in [1.54, 1.807) is 18.2 Å². The number of benzene rings is 1. The van der Waals surface area contributed by atoms with Crippen molar-refractivity contribution in [2.45, 2.75) is 30.2 Å². The molecule has 7 nitrogen and oxygen atoms in total. The Morgan fingerprint density at radius 1 is 1.17 bits per heavy atom. The molecule has 0 bridgehead atoms. The van der Waals surface area contributed by atoms with E-state index in [2.05, 4.69) is 5.32 Å². The third-order valence-electron chi connectivity index (χ3n) is 4.47. The normalized spacial score (nSPS) is 21.2. The molecule has 3 rings (SSSR count). The number of nitrogens with zero attached hydrogens (tertiary/aromatic N) is 2. The Hall–Kier alpha value is -1.80. The Kier molecular flexibility index (Phi) is 4.45. The fraction of sp³-hybridized carbons (Fsp3) is 0.533. The van der Waals surface area contributed by atoms with Gasteiger partial charge in [-0.3, -0.25) is 0 Å². The van der Waals surface area contributed by atoms with Gasteiger partial charge in [-0.15, -0.1) is 0 Å². The van der Waals surface area contributed by atoms with Crippen LogP contribution in [0.3, 0.4) is 0 Å². The van der Waals surface area contributed by atoms with Crippen LogP contribution in [0.4, 0.5) is 10.5 Å². The van der Waals surface area contributed by atoms with E-state index < -0.39 is 10.0 Å². The molecule has 0 radical (unpaired) electrons. The maximum atomic E-state index is 12.7. The minimum Gasteiger partial charge on any atom is -0.399 e. The first kappa shape index (κ1) is 16.1. The average molecular weight is 338 g/mol. The zero-order chi connectivity index (χ0) is 16.4. The Balaban J connectivity index is 1.67. The third kappa shape index (κ3) is 3.28. The van der Waals surface area contributed by atoms with E-state index in [4.69, 9.17) is 5.73 Å². The number of hydrogen-bond donors (Lipinski definition) is 2. The molecule has 0 atom stereocenters. The maximum Gasteiger partial charge on any atom is 0.317 e. The summed E-state index contributed by atoms with van der Waals surface area (Å²) >= 11 is 0. The first-order valence-corrected chi connectivity index (χ1v) is 9.32. The number of sulfonamides is 1. The summed E-state index contributed by atoms with van der Waals surface area (Å²) in [6.07, 6.45) is 2.26. The lowest BCUT2D eigenvalue weighted by molar-refractivity contribution is 0.134. The Bertz CT molecular complexity index is 684. The van der Waals surface area contributed by atoms with Crippen molar-refractivity contribution in [2.24, 2.45) is 0 Å². The number of urea groups is 1. The Morgan fingerprint density at radius 3 is 2.57 bits per heavy atom. The largest absolute Gasteiger partial charge is 0.399 e. The molecule has 1 aromatic carbocycles. The lowest BCUT2D eigenvalue weighted by atomic mass is 10.0. The minimum atomic E-state index is -3.52. The van der Waals surface area contributed by atoms with Crippen LogP contribution in [0.25, 0.3) is 0 Å². The van der Waals surface area contributed by atoms with Gasteiger partial charge < -0.3 is 16.0 Å². The first-order chi connectivity index (χ1) is 11.0. The van der Waals surface area contributed by atoms with Crippen LogP contribution in [0, 0.1) is 0 Å². The Labute approximate surface area is 136 Å². The number of piperidine rings is 1. The average Bonchev–Trinajstić information content (AvgIpc) is 2.55. The highest BCUT2D eigenvalue weighted by Gasteiger charge is 2.34. The number of amides is 2. The SMILES string of the molecule is Nc1cccc(S(=O)(=O)N2CCC(N3CCCNC3=O)CC2)c1. The Morgan fingerprint density at radius 2 is 1.91 bits per heavy atom. The smallest absolute Gasteiger partial charge is 0.317 e. The van der Waals surface area contributed by atoms with Crippen LogP contribution < -0.4 is 11.1 Å². The summed E-state index contributed by atoms with van der Waals surface area (Å²) in [7, 11) is -3.52. The molecule has 0 aromatic heterocycles. The van der Waals surface area contributed by atoms with Crippen molar-refractivity contribution in [1.29, 1.82) is 0 Å². The van der Waals surface area contributed by atoms with Crippen molar-refractivity contribution in [2.75, 3.05) is 31.9 Å². The number of nitrogen functional groups attached to an aromatic ring is 1. The van der Waals surface area contributed by atoms with Crippen molar-refractivity contribution in [3.63, 3.8) is 0 Å². The van der Waals surface area contributed by atoms with Crippen LogP contribution in [0.15, 0.2) is 29.2 Å². The van der Waals surface area contributed by atoms with E-state index >= 15 is 0 Å². The first-order valence-electron chi connectivity index (χ1n) is 7.88. The molecule has 0 aliphatic carbocycles. The number of rotatable bonds is 3. The van der Waals surface area contributed by atoms with Gasteiger partial charge in [-0.25, -0.2) is 13.2 Å². The monoisotopic (exact) mass is 338 g/mol. The van der Waals surface area contributed by atoms with Gasteiger partial charge in [-0.1, -0.05) is 6.07 Å². The van der Waals surface area contributed by atoms with E-state index in [0.29, 0.717) is 31.6 Å². The predicted molar refractivity (Wildman–Crippen MR) is 87.4 cm³/mol. The standard InChI is InChI=1S/C15H22N4O3S/c16-12-3-1-4-14(11-12)23(21,22)18-9-5-13(6-10-18)19-8-2-7-17-15(19)20/h1,3-4,11,13H,2,5-10,16H2,(H,17,20). The van der Waals surface area contributed by atoms with Crippen molar-refractivity contribution < 1.29 is 13.2 Å². The zero-order valence-electron chi connectivity index (χ0n) is 12.9. The van der Waals surface area contributed by atoms with Gasteiger partial charge in [0.1, 0.15) is 0 Å². The molecule has 0 spiro atoms. The molecule has 2 heterocycles. The van der Waals surface area contributed by atoms with Crippen molar-refractivity contribution >= 4 is 21.7 Å². The number of carbonyl (C=O) groups is 1. The second-order valence-corrected chi connectivity index (χ2v) is 7.92. The number of hydrogen-bond acceptors (Lipinski definition) is 4. The maximum absolute atomic E-state index is 12.7. The fourth-order valence-electron chi connectivity index (χ4n) is 3.21.